The molecule has 1 aromatic carbocycles. The smallest absolute Gasteiger partial charge is 0.337 e. The summed E-state index contributed by atoms with van der Waals surface area (Å²) in [6.07, 6.45) is 0.158. The van der Waals surface area contributed by atoms with E-state index < -0.39 is 12.0 Å². The number of urea groups is 1. The van der Waals surface area contributed by atoms with Gasteiger partial charge in [-0.1, -0.05) is 15.9 Å². The summed E-state index contributed by atoms with van der Waals surface area (Å²) in [5, 5.41) is 16.6. The van der Waals surface area contributed by atoms with E-state index in [1.165, 1.54) is 12.1 Å². The van der Waals surface area contributed by atoms with Crippen LogP contribution in [0.2, 0.25) is 0 Å². The van der Waals surface area contributed by atoms with Crippen molar-refractivity contribution >= 4 is 39.5 Å². The van der Waals surface area contributed by atoms with Crippen LogP contribution < -0.4 is 16.0 Å². The molecular formula is C13H16BrN3O4. The van der Waals surface area contributed by atoms with Crippen molar-refractivity contribution in [2.45, 2.75) is 13.3 Å². The van der Waals surface area contributed by atoms with Gasteiger partial charge < -0.3 is 21.1 Å². The number of carbonyl (C=O) groups excluding carboxylic acids is 2. The third-order valence-corrected chi connectivity index (χ3v) is 2.97. The van der Waals surface area contributed by atoms with Crippen LogP contribution in [0.1, 0.15) is 23.7 Å². The predicted molar refractivity (Wildman–Crippen MR) is 81.4 cm³/mol. The predicted octanol–water partition coefficient (Wildman–Crippen LogP) is 1.79. The van der Waals surface area contributed by atoms with Crippen molar-refractivity contribution in [3.05, 3.63) is 28.2 Å². The van der Waals surface area contributed by atoms with Gasteiger partial charge in [0.25, 0.3) is 0 Å². The highest BCUT2D eigenvalue weighted by Gasteiger charge is 2.12. The summed E-state index contributed by atoms with van der Waals surface area (Å²) in [5.41, 5.74) is 0.157. The molecule has 1 rings (SSSR count). The molecule has 0 fully saturated rings. The van der Waals surface area contributed by atoms with Crippen molar-refractivity contribution < 1.29 is 19.5 Å². The van der Waals surface area contributed by atoms with E-state index in [1.54, 1.807) is 13.0 Å². The fraction of sp³-hybridized carbons (Fsp3) is 0.308. The molecule has 4 N–H and O–H groups in total. The van der Waals surface area contributed by atoms with E-state index in [9.17, 15) is 14.4 Å². The molecule has 0 atom stereocenters. The molecule has 0 aliphatic heterocycles. The van der Waals surface area contributed by atoms with Crippen molar-refractivity contribution in [2.75, 3.05) is 18.4 Å². The van der Waals surface area contributed by atoms with Crippen molar-refractivity contribution in [3.63, 3.8) is 0 Å². The van der Waals surface area contributed by atoms with E-state index in [-0.39, 0.29) is 30.1 Å². The van der Waals surface area contributed by atoms with Crippen LogP contribution in [0.15, 0.2) is 22.7 Å². The first-order chi connectivity index (χ1) is 9.93. The maximum absolute atomic E-state index is 11.7. The fourth-order valence-corrected chi connectivity index (χ4v) is 1.91. The second-order valence-electron chi connectivity index (χ2n) is 4.08. The number of aromatic carboxylic acids is 1. The first-order valence-corrected chi connectivity index (χ1v) is 7.07. The van der Waals surface area contributed by atoms with Gasteiger partial charge in [-0.3, -0.25) is 4.79 Å². The Morgan fingerprint density at radius 2 is 1.95 bits per heavy atom. The van der Waals surface area contributed by atoms with Gasteiger partial charge in [-0.05, 0) is 25.1 Å². The minimum Gasteiger partial charge on any atom is -0.478 e. The van der Waals surface area contributed by atoms with Crippen LogP contribution in [0.25, 0.3) is 0 Å². The Labute approximate surface area is 130 Å². The van der Waals surface area contributed by atoms with Gasteiger partial charge in [0.1, 0.15) is 0 Å². The number of benzene rings is 1. The van der Waals surface area contributed by atoms with Gasteiger partial charge in [0, 0.05) is 24.0 Å². The quantitative estimate of drug-likeness (QED) is 0.622. The van der Waals surface area contributed by atoms with Crippen LogP contribution in [0.3, 0.4) is 0 Å². The standard InChI is InChI=1S/C13H16BrN3O4/c1-2-15-11(18)5-6-16-13(21)17-10-7-8(14)3-4-9(10)12(19)20/h3-4,7H,2,5-6H2,1H3,(H,15,18)(H,19,20)(H2,16,17,21). The van der Waals surface area contributed by atoms with Crippen LogP contribution in [-0.4, -0.2) is 36.1 Å². The molecule has 1 aromatic rings. The van der Waals surface area contributed by atoms with E-state index in [0.29, 0.717) is 11.0 Å². The van der Waals surface area contributed by atoms with Gasteiger partial charge >= 0.3 is 12.0 Å². The maximum Gasteiger partial charge on any atom is 0.337 e. The van der Waals surface area contributed by atoms with Crippen molar-refractivity contribution in [1.82, 2.24) is 10.6 Å². The van der Waals surface area contributed by atoms with Gasteiger partial charge in [0.05, 0.1) is 11.3 Å². The zero-order valence-corrected chi connectivity index (χ0v) is 13.0. The van der Waals surface area contributed by atoms with E-state index in [1.807, 2.05) is 0 Å². The molecule has 0 saturated carbocycles. The molecule has 21 heavy (non-hydrogen) atoms. The van der Waals surface area contributed by atoms with Crippen LogP contribution in [0.4, 0.5) is 10.5 Å². The highest BCUT2D eigenvalue weighted by Crippen LogP contribution is 2.21. The molecule has 0 aromatic heterocycles. The monoisotopic (exact) mass is 357 g/mol. The number of carbonyl (C=O) groups is 3. The molecule has 0 spiro atoms. The molecule has 0 unspecified atom stereocenters. The van der Waals surface area contributed by atoms with Crippen molar-refractivity contribution in [1.29, 1.82) is 0 Å². The van der Waals surface area contributed by atoms with Crippen molar-refractivity contribution in [3.8, 4) is 0 Å². The summed E-state index contributed by atoms with van der Waals surface area (Å²) in [6.45, 7) is 2.50. The van der Waals surface area contributed by atoms with Gasteiger partial charge in [-0.2, -0.15) is 0 Å². The van der Waals surface area contributed by atoms with Crippen molar-refractivity contribution in [2.24, 2.45) is 0 Å². The second-order valence-corrected chi connectivity index (χ2v) is 5.00. The number of anilines is 1. The molecule has 0 radical (unpaired) electrons. The lowest BCUT2D eigenvalue weighted by atomic mass is 10.2. The minimum atomic E-state index is -1.14. The topological polar surface area (TPSA) is 108 Å². The van der Waals surface area contributed by atoms with E-state index >= 15 is 0 Å². The Bertz CT molecular complexity index is 548. The largest absolute Gasteiger partial charge is 0.478 e. The van der Waals surface area contributed by atoms with E-state index in [2.05, 4.69) is 31.9 Å². The van der Waals surface area contributed by atoms with Crippen LogP contribution >= 0.6 is 15.9 Å². The molecule has 114 valence electrons. The van der Waals surface area contributed by atoms with E-state index in [4.69, 9.17) is 5.11 Å². The number of amides is 3. The van der Waals surface area contributed by atoms with E-state index in [0.717, 1.165) is 0 Å². The third-order valence-electron chi connectivity index (χ3n) is 2.47. The fourth-order valence-electron chi connectivity index (χ4n) is 1.55. The lowest BCUT2D eigenvalue weighted by Crippen LogP contribution is -2.33. The zero-order chi connectivity index (χ0) is 15.8. The lowest BCUT2D eigenvalue weighted by Gasteiger charge is -2.10. The summed E-state index contributed by atoms with van der Waals surface area (Å²) in [6, 6.07) is 3.88. The highest BCUT2D eigenvalue weighted by molar-refractivity contribution is 9.10. The summed E-state index contributed by atoms with van der Waals surface area (Å²) in [5.74, 6) is -1.30. The number of hydrogen-bond donors (Lipinski definition) is 4. The average Bonchev–Trinajstić information content (AvgIpc) is 2.38. The molecule has 0 saturated heterocycles. The Kier molecular flexibility index (Phi) is 6.67. The molecule has 7 nitrogen and oxygen atoms in total. The molecule has 0 aliphatic rings. The average molecular weight is 358 g/mol. The minimum absolute atomic E-state index is 0.0166. The molecule has 0 aliphatic carbocycles. The Morgan fingerprint density at radius 3 is 2.57 bits per heavy atom. The molecule has 0 bridgehead atoms. The summed E-state index contributed by atoms with van der Waals surface area (Å²) in [7, 11) is 0. The lowest BCUT2D eigenvalue weighted by molar-refractivity contribution is -0.120. The Morgan fingerprint density at radius 1 is 1.24 bits per heavy atom. The van der Waals surface area contributed by atoms with Crippen LogP contribution in [0, 0.1) is 0 Å². The highest BCUT2D eigenvalue weighted by atomic mass is 79.9. The van der Waals surface area contributed by atoms with Gasteiger partial charge in [0.2, 0.25) is 5.91 Å². The zero-order valence-electron chi connectivity index (χ0n) is 11.4. The summed E-state index contributed by atoms with van der Waals surface area (Å²) < 4.78 is 0.644. The number of nitrogens with one attached hydrogen (secondary N) is 3. The number of halogens is 1. The van der Waals surface area contributed by atoms with Crippen LogP contribution in [0.5, 0.6) is 0 Å². The van der Waals surface area contributed by atoms with Crippen LogP contribution in [-0.2, 0) is 4.79 Å². The molecule has 8 heteroatoms. The number of hydrogen-bond acceptors (Lipinski definition) is 3. The molecular weight excluding hydrogens is 342 g/mol. The second kappa shape index (κ2) is 8.25. The van der Waals surface area contributed by atoms with Gasteiger partial charge in [0.15, 0.2) is 0 Å². The summed E-state index contributed by atoms with van der Waals surface area (Å²) >= 11 is 3.21. The first-order valence-electron chi connectivity index (χ1n) is 6.28. The number of carboxylic acid groups (broad SMARTS) is 1. The normalized spacial score (nSPS) is 9.81. The maximum atomic E-state index is 11.7. The Hall–Kier alpha value is -2.09. The summed E-state index contributed by atoms with van der Waals surface area (Å²) in [4.78, 5) is 33.9. The third kappa shape index (κ3) is 5.82. The Balaban J connectivity index is 2.57. The molecule has 3 amide bonds. The van der Waals surface area contributed by atoms with Gasteiger partial charge in [-0.15, -0.1) is 0 Å². The number of carboxylic acids is 1. The molecule has 0 heterocycles. The number of rotatable bonds is 6. The van der Waals surface area contributed by atoms with Gasteiger partial charge in [-0.25, -0.2) is 9.59 Å². The first kappa shape index (κ1) is 17.0. The SMILES string of the molecule is CCNC(=O)CCNC(=O)Nc1cc(Br)ccc1C(=O)O.